The van der Waals surface area contributed by atoms with E-state index in [-0.39, 0.29) is 5.91 Å². The van der Waals surface area contributed by atoms with Gasteiger partial charge in [-0.05, 0) is 56.7 Å². The molecular formula is C16H19N3OS. The molecule has 0 atom stereocenters. The number of nitrogen functional groups attached to an aromatic ring is 1. The molecule has 0 fully saturated rings. The summed E-state index contributed by atoms with van der Waals surface area (Å²) >= 11 is 1.60. The number of hydrogen-bond acceptors (Lipinski definition) is 4. The van der Waals surface area contributed by atoms with Crippen molar-refractivity contribution in [3.05, 3.63) is 39.4 Å². The first-order valence-corrected chi connectivity index (χ1v) is 8.03. The molecule has 5 heteroatoms. The van der Waals surface area contributed by atoms with Crippen LogP contribution in [0.1, 0.15) is 44.9 Å². The van der Waals surface area contributed by atoms with E-state index in [9.17, 15) is 4.79 Å². The summed E-state index contributed by atoms with van der Waals surface area (Å²) < 4.78 is 0. The number of rotatable bonds is 2. The SMILES string of the molecule is Cc1cc(C)c(C(=O)Nc2nc3c(s2)CCCC3)cc1N. The molecule has 0 spiro atoms. The minimum Gasteiger partial charge on any atom is -0.398 e. The Morgan fingerprint density at radius 2 is 2.00 bits per heavy atom. The van der Waals surface area contributed by atoms with Gasteiger partial charge < -0.3 is 5.73 Å². The Hall–Kier alpha value is -1.88. The van der Waals surface area contributed by atoms with E-state index in [1.165, 1.54) is 17.7 Å². The van der Waals surface area contributed by atoms with E-state index in [0.29, 0.717) is 16.4 Å². The highest BCUT2D eigenvalue weighted by molar-refractivity contribution is 7.15. The van der Waals surface area contributed by atoms with E-state index in [1.807, 2.05) is 19.9 Å². The van der Waals surface area contributed by atoms with Crippen LogP contribution in [0, 0.1) is 13.8 Å². The number of aryl methyl sites for hydroxylation is 4. The summed E-state index contributed by atoms with van der Waals surface area (Å²) in [6.07, 6.45) is 4.52. The zero-order valence-corrected chi connectivity index (χ0v) is 13.1. The standard InChI is InChI=1S/C16H19N3OS/c1-9-7-10(2)12(17)8-11(9)15(20)19-16-18-13-5-3-4-6-14(13)21-16/h7-8H,3-6,17H2,1-2H3,(H,18,19,20). The number of carbonyl (C=O) groups excluding carboxylic acids is 1. The summed E-state index contributed by atoms with van der Waals surface area (Å²) in [6, 6.07) is 3.69. The lowest BCUT2D eigenvalue weighted by molar-refractivity contribution is 0.102. The predicted octanol–water partition coefficient (Wildman–Crippen LogP) is 3.47. The van der Waals surface area contributed by atoms with Crippen LogP contribution in [0.5, 0.6) is 0 Å². The van der Waals surface area contributed by atoms with E-state index < -0.39 is 0 Å². The molecule has 1 heterocycles. The summed E-state index contributed by atoms with van der Waals surface area (Å²) in [5, 5.41) is 3.62. The van der Waals surface area contributed by atoms with Gasteiger partial charge in [0, 0.05) is 16.1 Å². The van der Waals surface area contributed by atoms with Gasteiger partial charge in [0.2, 0.25) is 0 Å². The number of nitrogens with two attached hydrogens (primary N) is 1. The zero-order valence-electron chi connectivity index (χ0n) is 12.3. The van der Waals surface area contributed by atoms with Crippen LogP contribution in [0.2, 0.25) is 0 Å². The molecule has 1 aliphatic rings. The largest absolute Gasteiger partial charge is 0.398 e. The van der Waals surface area contributed by atoms with Crippen molar-refractivity contribution in [3.63, 3.8) is 0 Å². The third-order valence-corrected chi connectivity index (χ3v) is 5.00. The summed E-state index contributed by atoms with van der Waals surface area (Å²) in [5.41, 5.74) is 10.2. The Bertz CT molecular complexity index is 682. The molecule has 3 rings (SSSR count). The maximum atomic E-state index is 12.4. The van der Waals surface area contributed by atoms with Crippen LogP contribution in [-0.4, -0.2) is 10.9 Å². The number of anilines is 2. The number of carbonyl (C=O) groups is 1. The van der Waals surface area contributed by atoms with E-state index in [2.05, 4.69) is 10.3 Å². The second kappa shape index (κ2) is 5.48. The maximum Gasteiger partial charge on any atom is 0.257 e. The number of nitrogens with one attached hydrogen (secondary N) is 1. The summed E-state index contributed by atoms with van der Waals surface area (Å²) in [7, 11) is 0. The van der Waals surface area contributed by atoms with Gasteiger partial charge >= 0.3 is 0 Å². The fourth-order valence-electron chi connectivity index (χ4n) is 2.68. The van der Waals surface area contributed by atoms with Gasteiger partial charge in [0.05, 0.1) is 5.69 Å². The molecule has 0 saturated carbocycles. The molecule has 0 radical (unpaired) electrons. The first-order chi connectivity index (χ1) is 10.0. The maximum absolute atomic E-state index is 12.4. The van der Waals surface area contributed by atoms with Gasteiger partial charge in [-0.2, -0.15) is 0 Å². The van der Waals surface area contributed by atoms with Gasteiger partial charge in [-0.1, -0.05) is 6.07 Å². The van der Waals surface area contributed by atoms with Crippen LogP contribution < -0.4 is 11.1 Å². The number of aromatic nitrogens is 1. The third kappa shape index (κ3) is 2.78. The molecule has 2 aromatic rings. The second-order valence-electron chi connectivity index (χ2n) is 5.57. The quantitative estimate of drug-likeness (QED) is 0.835. The molecule has 1 aromatic carbocycles. The number of hydrogen-bond donors (Lipinski definition) is 2. The molecule has 0 saturated heterocycles. The van der Waals surface area contributed by atoms with E-state index in [4.69, 9.17) is 5.73 Å². The molecule has 0 unspecified atom stereocenters. The second-order valence-corrected chi connectivity index (χ2v) is 6.66. The van der Waals surface area contributed by atoms with Crippen molar-refractivity contribution in [3.8, 4) is 0 Å². The number of nitrogens with zero attached hydrogens (tertiary/aromatic N) is 1. The minimum atomic E-state index is -0.134. The van der Waals surface area contributed by atoms with Crippen molar-refractivity contribution in [2.24, 2.45) is 0 Å². The Kier molecular flexibility index (Phi) is 3.68. The lowest BCUT2D eigenvalue weighted by Gasteiger charge is -2.08. The summed E-state index contributed by atoms with van der Waals surface area (Å²) in [4.78, 5) is 18.3. The van der Waals surface area contributed by atoms with Gasteiger partial charge in [0.15, 0.2) is 5.13 Å². The van der Waals surface area contributed by atoms with Gasteiger partial charge in [-0.3, -0.25) is 10.1 Å². The van der Waals surface area contributed by atoms with Crippen LogP contribution >= 0.6 is 11.3 Å². The Morgan fingerprint density at radius 1 is 1.24 bits per heavy atom. The van der Waals surface area contributed by atoms with E-state index in [0.717, 1.165) is 29.7 Å². The van der Waals surface area contributed by atoms with Crippen LogP contribution in [0.3, 0.4) is 0 Å². The number of thiazole rings is 1. The monoisotopic (exact) mass is 301 g/mol. The van der Waals surface area contributed by atoms with Crippen LogP contribution in [0.25, 0.3) is 0 Å². The smallest absolute Gasteiger partial charge is 0.257 e. The van der Waals surface area contributed by atoms with Gasteiger partial charge in [0.25, 0.3) is 5.91 Å². The normalized spacial score (nSPS) is 13.8. The lowest BCUT2D eigenvalue weighted by Crippen LogP contribution is -2.14. The van der Waals surface area contributed by atoms with Gasteiger partial charge in [-0.25, -0.2) is 4.98 Å². The fourth-order valence-corrected chi connectivity index (χ4v) is 3.73. The minimum absolute atomic E-state index is 0.134. The summed E-state index contributed by atoms with van der Waals surface area (Å²) in [5.74, 6) is -0.134. The molecule has 4 nitrogen and oxygen atoms in total. The number of benzene rings is 1. The molecular weight excluding hydrogens is 282 g/mol. The topological polar surface area (TPSA) is 68.0 Å². The molecule has 0 bridgehead atoms. The van der Waals surface area contributed by atoms with Crippen molar-refractivity contribution < 1.29 is 4.79 Å². The molecule has 21 heavy (non-hydrogen) atoms. The van der Waals surface area contributed by atoms with Crippen molar-refractivity contribution in [2.75, 3.05) is 11.1 Å². The van der Waals surface area contributed by atoms with E-state index >= 15 is 0 Å². The van der Waals surface area contributed by atoms with Crippen molar-refractivity contribution in [1.29, 1.82) is 0 Å². The number of amides is 1. The highest BCUT2D eigenvalue weighted by atomic mass is 32.1. The Balaban J connectivity index is 1.83. The van der Waals surface area contributed by atoms with Crippen molar-refractivity contribution in [2.45, 2.75) is 39.5 Å². The molecule has 3 N–H and O–H groups in total. The van der Waals surface area contributed by atoms with Crippen molar-refractivity contribution in [1.82, 2.24) is 4.98 Å². The molecule has 1 amide bonds. The molecule has 1 aromatic heterocycles. The Labute approximate surface area is 128 Å². The molecule has 1 aliphatic carbocycles. The summed E-state index contributed by atoms with van der Waals surface area (Å²) in [6.45, 7) is 3.87. The molecule has 110 valence electrons. The third-order valence-electron chi connectivity index (χ3n) is 3.92. The predicted molar refractivity (Wildman–Crippen MR) is 87.0 cm³/mol. The molecule has 0 aliphatic heterocycles. The van der Waals surface area contributed by atoms with E-state index in [1.54, 1.807) is 17.4 Å². The highest BCUT2D eigenvalue weighted by Crippen LogP contribution is 2.30. The average molecular weight is 301 g/mol. The van der Waals surface area contributed by atoms with Gasteiger partial charge in [0.1, 0.15) is 0 Å². The highest BCUT2D eigenvalue weighted by Gasteiger charge is 2.18. The van der Waals surface area contributed by atoms with Crippen LogP contribution in [0.4, 0.5) is 10.8 Å². The van der Waals surface area contributed by atoms with Crippen LogP contribution in [-0.2, 0) is 12.8 Å². The average Bonchev–Trinajstić information content (AvgIpc) is 2.84. The van der Waals surface area contributed by atoms with Crippen LogP contribution in [0.15, 0.2) is 12.1 Å². The zero-order chi connectivity index (χ0) is 15.0. The first-order valence-electron chi connectivity index (χ1n) is 7.21. The van der Waals surface area contributed by atoms with Gasteiger partial charge in [-0.15, -0.1) is 11.3 Å². The Morgan fingerprint density at radius 3 is 2.76 bits per heavy atom. The van der Waals surface area contributed by atoms with Crippen molar-refractivity contribution >= 4 is 28.1 Å². The fraction of sp³-hybridized carbons (Fsp3) is 0.375. The lowest BCUT2D eigenvalue weighted by atomic mass is 10.0. The number of fused-ring (bicyclic) bond motifs is 1. The first kappa shape index (κ1) is 14.1.